The van der Waals surface area contributed by atoms with E-state index in [9.17, 15) is 0 Å². The Labute approximate surface area is 50.5 Å². The zero-order valence-corrected chi connectivity index (χ0v) is 5.22. The molecule has 1 rings (SSSR count). The molecule has 1 heterocycles. The highest BCUT2D eigenvalue weighted by molar-refractivity contribution is 9.10. The lowest BCUT2D eigenvalue weighted by molar-refractivity contribution is 1.28. The molecule has 36 valence electrons. The second kappa shape index (κ2) is 2.07. The van der Waals surface area contributed by atoms with Crippen LogP contribution in [0.3, 0.4) is 0 Å². The van der Waals surface area contributed by atoms with E-state index in [-0.39, 0.29) is 0 Å². The monoisotopic (exact) mass is 158 g/mol. The van der Waals surface area contributed by atoms with Crippen LogP contribution in [-0.4, -0.2) is 4.98 Å². The van der Waals surface area contributed by atoms with E-state index < -0.39 is 0 Å². The van der Waals surface area contributed by atoms with Crippen molar-refractivity contribution in [3.8, 4) is 0 Å². The minimum absolute atomic E-state index is 0.884. The molecule has 2 heteroatoms. The van der Waals surface area contributed by atoms with Crippen LogP contribution in [-0.2, 0) is 0 Å². The fourth-order valence-corrected chi connectivity index (χ4v) is 0.613. The zero-order valence-electron chi connectivity index (χ0n) is 3.63. The minimum atomic E-state index is 0.884. The summed E-state index contributed by atoms with van der Waals surface area (Å²) in [6.07, 6.45) is 1.74. The van der Waals surface area contributed by atoms with E-state index in [0.29, 0.717) is 0 Å². The fraction of sp³-hybridized carbons (Fsp3) is 0. The minimum Gasteiger partial charge on any atom is -0.249 e. The Morgan fingerprint density at radius 2 is 2.29 bits per heavy atom. The number of aromatic nitrogens is 1. The Balaban J connectivity index is 3.02. The fourth-order valence-electron chi connectivity index (χ4n) is 0.342. The highest BCUT2D eigenvalue weighted by Gasteiger charge is 1.75. The maximum Gasteiger partial charge on any atom is 0.106 e. The summed E-state index contributed by atoms with van der Waals surface area (Å²) in [6, 6.07) is 5.70. The lowest BCUT2D eigenvalue weighted by Crippen LogP contribution is -1.66. The third kappa shape index (κ3) is 1.27. The van der Waals surface area contributed by atoms with Crippen LogP contribution in [0.1, 0.15) is 0 Å². The summed E-state index contributed by atoms with van der Waals surface area (Å²) < 4.78 is 0.884. The van der Waals surface area contributed by atoms with Crippen LogP contribution in [0.2, 0.25) is 0 Å². The molecule has 0 unspecified atom stereocenters. The molecule has 0 aliphatic heterocycles. The first-order valence-corrected chi connectivity index (χ1v) is 2.75. The van der Waals surface area contributed by atoms with Gasteiger partial charge in [-0.3, -0.25) is 0 Å². The SMILES string of the molecule is Brc1cccc[15n]1. The van der Waals surface area contributed by atoms with E-state index in [2.05, 4.69) is 20.9 Å². The number of hydrogen-bond acceptors (Lipinski definition) is 1. The Kier molecular flexibility index (Phi) is 1.42. The lowest BCUT2D eigenvalue weighted by Gasteiger charge is -1.80. The van der Waals surface area contributed by atoms with Gasteiger partial charge in [-0.1, -0.05) is 6.07 Å². The molecule has 0 N–H and O–H groups in total. The molecule has 7 heavy (non-hydrogen) atoms. The van der Waals surface area contributed by atoms with Crippen molar-refractivity contribution in [1.29, 1.82) is 0 Å². The van der Waals surface area contributed by atoms with Crippen LogP contribution in [0.5, 0.6) is 0 Å². The Bertz CT molecular complexity index is 138. The van der Waals surface area contributed by atoms with E-state index in [0.717, 1.165) is 4.60 Å². The number of hydrogen-bond donors (Lipinski definition) is 0. The van der Waals surface area contributed by atoms with Crippen molar-refractivity contribution >= 4 is 15.9 Å². The van der Waals surface area contributed by atoms with Gasteiger partial charge in [-0.05, 0) is 28.1 Å². The van der Waals surface area contributed by atoms with Gasteiger partial charge in [-0.25, -0.2) is 4.98 Å². The maximum atomic E-state index is 3.90. The predicted molar refractivity (Wildman–Crippen MR) is 31.9 cm³/mol. The van der Waals surface area contributed by atoms with Gasteiger partial charge in [0, 0.05) is 6.20 Å². The summed E-state index contributed by atoms with van der Waals surface area (Å²) in [5.74, 6) is 0. The second-order valence-corrected chi connectivity index (χ2v) is 1.96. The molecule has 0 spiro atoms. The van der Waals surface area contributed by atoms with Crippen molar-refractivity contribution in [2.24, 2.45) is 0 Å². The van der Waals surface area contributed by atoms with Crippen molar-refractivity contribution in [3.63, 3.8) is 0 Å². The van der Waals surface area contributed by atoms with Crippen molar-refractivity contribution in [3.05, 3.63) is 29.0 Å². The molecule has 0 aromatic carbocycles. The van der Waals surface area contributed by atoms with Crippen molar-refractivity contribution in [1.82, 2.24) is 4.98 Å². The van der Waals surface area contributed by atoms with Crippen molar-refractivity contribution < 1.29 is 0 Å². The molecule has 0 aliphatic carbocycles. The molecule has 0 amide bonds. The van der Waals surface area contributed by atoms with Gasteiger partial charge in [0.05, 0.1) is 0 Å². The molecule has 0 saturated heterocycles. The Morgan fingerprint density at radius 3 is 2.57 bits per heavy atom. The summed E-state index contributed by atoms with van der Waals surface area (Å²) in [5.41, 5.74) is 0. The van der Waals surface area contributed by atoms with Crippen molar-refractivity contribution in [2.75, 3.05) is 0 Å². The average molecular weight is 159 g/mol. The highest BCUT2D eigenvalue weighted by Crippen LogP contribution is 2.00. The largest absolute Gasteiger partial charge is 0.249 e. The van der Waals surface area contributed by atoms with Crippen LogP contribution in [0.25, 0.3) is 0 Å². The van der Waals surface area contributed by atoms with Crippen molar-refractivity contribution in [2.45, 2.75) is 0 Å². The Morgan fingerprint density at radius 1 is 1.43 bits per heavy atom. The van der Waals surface area contributed by atoms with E-state index in [4.69, 9.17) is 0 Å². The standard InChI is InChI=1S/C5H4BrN/c6-5-3-1-2-4-7-5/h1-4H/i7+1. The number of nitrogens with zero attached hydrogens (tertiary/aromatic N) is 1. The predicted octanol–water partition coefficient (Wildman–Crippen LogP) is 1.84. The van der Waals surface area contributed by atoms with E-state index >= 15 is 0 Å². The smallest absolute Gasteiger partial charge is 0.106 e. The molecular formula is C5H4BrN. The van der Waals surface area contributed by atoms with Crippen LogP contribution in [0, 0.1) is 0 Å². The molecule has 1 aromatic rings. The van der Waals surface area contributed by atoms with Gasteiger partial charge < -0.3 is 0 Å². The van der Waals surface area contributed by atoms with Gasteiger partial charge in [-0.2, -0.15) is 0 Å². The van der Waals surface area contributed by atoms with Crippen LogP contribution in [0.15, 0.2) is 29.0 Å². The van der Waals surface area contributed by atoms with Crippen LogP contribution >= 0.6 is 15.9 Å². The summed E-state index contributed by atoms with van der Waals surface area (Å²) in [6.45, 7) is 0. The summed E-state index contributed by atoms with van der Waals surface area (Å²) >= 11 is 3.20. The number of halogens is 1. The summed E-state index contributed by atoms with van der Waals surface area (Å²) in [7, 11) is 0. The maximum absolute atomic E-state index is 3.90. The molecule has 0 aliphatic rings. The molecule has 1 nitrogen and oxygen atoms in total. The molecule has 0 radical (unpaired) electrons. The average Bonchev–Trinajstić information content (AvgIpc) is 1.69. The number of pyridine rings is 1. The first-order chi connectivity index (χ1) is 3.39. The number of rotatable bonds is 0. The third-order valence-corrected chi connectivity index (χ3v) is 1.10. The molecule has 0 saturated carbocycles. The van der Waals surface area contributed by atoms with E-state index in [1.807, 2.05) is 18.2 Å². The van der Waals surface area contributed by atoms with Crippen LogP contribution in [0.4, 0.5) is 0 Å². The van der Waals surface area contributed by atoms with E-state index in [1.165, 1.54) is 0 Å². The molecular weight excluding hydrogens is 155 g/mol. The summed E-state index contributed by atoms with van der Waals surface area (Å²) in [5, 5.41) is 0. The van der Waals surface area contributed by atoms with Gasteiger partial charge in [0.15, 0.2) is 0 Å². The first-order valence-electron chi connectivity index (χ1n) is 1.96. The van der Waals surface area contributed by atoms with Gasteiger partial charge in [0.1, 0.15) is 4.60 Å². The quantitative estimate of drug-likeness (QED) is 0.526. The first kappa shape index (κ1) is 4.78. The van der Waals surface area contributed by atoms with Gasteiger partial charge in [0.2, 0.25) is 0 Å². The third-order valence-electron chi connectivity index (χ3n) is 0.629. The topological polar surface area (TPSA) is 12.9 Å². The van der Waals surface area contributed by atoms with Gasteiger partial charge in [-0.15, -0.1) is 0 Å². The molecule has 1 aromatic heterocycles. The van der Waals surface area contributed by atoms with Crippen LogP contribution < -0.4 is 0 Å². The van der Waals surface area contributed by atoms with Gasteiger partial charge >= 0.3 is 0 Å². The van der Waals surface area contributed by atoms with Gasteiger partial charge in [0.25, 0.3) is 0 Å². The lowest BCUT2D eigenvalue weighted by atomic mass is 10.5. The summed E-state index contributed by atoms with van der Waals surface area (Å²) in [4.78, 5) is 3.90. The normalized spacial score (nSPS) is 8.71. The molecule has 0 atom stereocenters. The zero-order chi connectivity index (χ0) is 5.11. The molecule has 0 fully saturated rings. The second-order valence-electron chi connectivity index (χ2n) is 1.15. The molecule has 0 bridgehead atoms. The Hall–Kier alpha value is -0.370. The van der Waals surface area contributed by atoms with E-state index in [1.54, 1.807) is 6.20 Å². The highest BCUT2D eigenvalue weighted by atomic mass is 79.9.